The number of hydrogen-bond acceptors (Lipinski definition) is 4. The Labute approximate surface area is 151 Å². The Kier molecular flexibility index (Phi) is 7.81. The van der Waals surface area contributed by atoms with Gasteiger partial charge < -0.3 is 5.32 Å². The van der Waals surface area contributed by atoms with E-state index in [4.69, 9.17) is 0 Å². The van der Waals surface area contributed by atoms with Gasteiger partial charge >= 0.3 is 0 Å². The van der Waals surface area contributed by atoms with Gasteiger partial charge in [0.1, 0.15) is 0 Å². The number of rotatable bonds is 5. The normalized spacial score (nSPS) is 20.2. The fraction of sp³-hybridized carbons (Fsp3) is 0.625. The first-order chi connectivity index (χ1) is 10.0. The summed E-state index contributed by atoms with van der Waals surface area (Å²) in [4.78, 5) is 2.96. The van der Waals surface area contributed by atoms with Crippen LogP contribution in [0.5, 0.6) is 0 Å². The van der Waals surface area contributed by atoms with Gasteiger partial charge in [0, 0.05) is 38.5 Å². The second-order valence-corrected chi connectivity index (χ2v) is 8.34. The molecule has 0 amide bonds. The van der Waals surface area contributed by atoms with Crippen LogP contribution in [0.25, 0.3) is 0 Å². The molecule has 1 saturated heterocycles. The SMILES string of the molecule is CS(=O)(=O)c1ccc([C@@H](CC2CC2)N2CCNCC2)cc1.Cl.Cl. The maximum atomic E-state index is 11.6. The molecule has 7 heteroatoms. The zero-order valence-electron chi connectivity index (χ0n) is 13.4. The van der Waals surface area contributed by atoms with E-state index in [1.165, 1.54) is 31.1 Å². The number of halogens is 2. The summed E-state index contributed by atoms with van der Waals surface area (Å²) in [5.41, 5.74) is 1.26. The van der Waals surface area contributed by atoms with E-state index < -0.39 is 9.84 Å². The molecule has 0 spiro atoms. The summed E-state index contributed by atoms with van der Waals surface area (Å²) in [7, 11) is -3.10. The van der Waals surface area contributed by atoms with Crippen molar-refractivity contribution in [2.24, 2.45) is 5.92 Å². The molecule has 1 N–H and O–H groups in total. The molecule has 0 radical (unpaired) electrons. The number of benzene rings is 1. The molecule has 4 nitrogen and oxygen atoms in total. The first-order valence-corrected chi connectivity index (χ1v) is 9.68. The summed E-state index contributed by atoms with van der Waals surface area (Å²) in [5.74, 6) is 0.861. The summed E-state index contributed by atoms with van der Waals surface area (Å²) >= 11 is 0. The first kappa shape index (κ1) is 20.7. The van der Waals surface area contributed by atoms with Crippen molar-refractivity contribution in [1.29, 1.82) is 0 Å². The van der Waals surface area contributed by atoms with Crippen molar-refractivity contribution >= 4 is 34.7 Å². The van der Waals surface area contributed by atoms with Crippen molar-refractivity contribution in [2.45, 2.75) is 30.2 Å². The lowest BCUT2D eigenvalue weighted by Crippen LogP contribution is -2.45. The van der Waals surface area contributed by atoms with Gasteiger partial charge in [0.25, 0.3) is 0 Å². The van der Waals surface area contributed by atoms with E-state index in [-0.39, 0.29) is 24.8 Å². The summed E-state index contributed by atoms with van der Waals surface area (Å²) in [6.07, 6.45) is 5.17. The molecule has 1 atom stereocenters. The lowest BCUT2D eigenvalue weighted by atomic mass is 9.99. The Morgan fingerprint density at radius 1 is 1.13 bits per heavy atom. The smallest absolute Gasteiger partial charge is 0.175 e. The molecule has 3 rings (SSSR count). The van der Waals surface area contributed by atoms with E-state index >= 15 is 0 Å². The standard InChI is InChI=1S/C16H24N2O2S.2ClH/c1-21(19,20)15-6-4-14(5-7-15)16(12-13-2-3-13)18-10-8-17-9-11-18;;/h4-7,13,16-17H,2-3,8-12H2,1H3;2*1H/t16-;;/m1../s1. The topological polar surface area (TPSA) is 49.4 Å². The summed E-state index contributed by atoms with van der Waals surface area (Å²) < 4.78 is 23.2. The monoisotopic (exact) mass is 380 g/mol. The third kappa shape index (κ3) is 5.61. The molecule has 2 aliphatic rings. The second kappa shape index (κ2) is 8.67. The zero-order chi connectivity index (χ0) is 14.9. The highest BCUT2D eigenvalue weighted by Crippen LogP contribution is 2.40. The molecule has 1 heterocycles. The maximum Gasteiger partial charge on any atom is 0.175 e. The van der Waals surface area contributed by atoms with Crippen molar-refractivity contribution in [3.05, 3.63) is 29.8 Å². The average Bonchev–Trinajstić information content (AvgIpc) is 3.29. The summed E-state index contributed by atoms with van der Waals surface area (Å²) in [6, 6.07) is 7.96. The van der Waals surface area contributed by atoms with E-state index in [0.29, 0.717) is 10.9 Å². The van der Waals surface area contributed by atoms with Gasteiger partial charge in [-0.3, -0.25) is 4.90 Å². The molecule has 0 unspecified atom stereocenters. The minimum Gasteiger partial charge on any atom is -0.314 e. The van der Waals surface area contributed by atoms with Crippen LogP contribution in [0.1, 0.15) is 30.9 Å². The molecular formula is C16H26Cl2N2O2S. The first-order valence-electron chi connectivity index (χ1n) is 7.79. The Balaban J connectivity index is 0.00000132. The van der Waals surface area contributed by atoms with Gasteiger partial charge in [-0.05, 0) is 30.0 Å². The van der Waals surface area contributed by atoms with Gasteiger partial charge in [0.05, 0.1) is 4.90 Å². The van der Waals surface area contributed by atoms with Crippen molar-refractivity contribution in [1.82, 2.24) is 10.2 Å². The zero-order valence-corrected chi connectivity index (χ0v) is 15.9. The molecule has 23 heavy (non-hydrogen) atoms. The van der Waals surface area contributed by atoms with Gasteiger partial charge in [0.2, 0.25) is 0 Å². The van der Waals surface area contributed by atoms with E-state index in [1.807, 2.05) is 12.1 Å². The van der Waals surface area contributed by atoms with Crippen LogP contribution in [0.15, 0.2) is 29.2 Å². The highest BCUT2D eigenvalue weighted by Gasteiger charge is 2.30. The van der Waals surface area contributed by atoms with Gasteiger partial charge in [-0.1, -0.05) is 25.0 Å². The van der Waals surface area contributed by atoms with Gasteiger partial charge in [-0.25, -0.2) is 8.42 Å². The number of hydrogen-bond donors (Lipinski definition) is 1. The molecule has 1 aliphatic carbocycles. The number of nitrogens with one attached hydrogen (secondary N) is 1. The van der Waals surface area contributed by atoms with Crippen LogP contribution in [0, 0.1) is 5.92 Å². The van der Waals surface area contributed by atoms with Gasteiger partial charge in [-0.15, -0.1) is 24.8 Å². The fourth-order valence-electron chi connectivity index (χ4n) is 3.10. The quantitative estimate of drug-likeness (QED) is 0.852. The molecule has 0 bridgehead atoms. The summed E-state index contributed by atoms with van der Waals surface area (Å²) in [6.45, 7) is 4.24. The van der Waals surface area contributed by atoms with Crippen molar-refractivity contribution in [3.63, 3.8) is 0 Å². The Bertz CT molecular complexity index is 583. The van der Waals surface area contributed by atoms with E-state index in [9.17, 15) is 8.42 Å². The molecule has 0 aromatic heterocycles. The van der Waals surface area contributed by atoms with Gasteiger partial charge in [0.15, 0.2) is 9.84 Å². The third-order valence-corrected chi connectivity index (χ3v) is 5.67. The lowest BCUT2D eigenvalue weighted by Gasteiger charge is -2.35. The number of nitrogens with zero attached hydrogens (tertiary/aromatic N) is 1. The predicted molar refractivity (Wildman–Crippen MR) is 98.6 cm³/mol. The molecule has 2 fully saturated rings. The Morgan fingerprint density at radius 3 is 2.17 bits per heavy atom. The van der Waals surface area contributed by atoms with E-state index in [0.717, 1.165) is 32.1 Å². The molecule has 132 valence electrons. The molecule has 1 aromatic carbocycles. The highest BCUT2D eigenvalue weighted by molar-refractivity contribution is 7.90. The second-order valence-electron chi connectivity index (χ2n) is 6.32. The number of piperazine rings is 1. The van der Waals surface area contributed by atoms with Crippen LogP contribution in [0.2, 0.25) is 0 Å². The molecule has 1 aromatic rings. The van der Waals surface area contributed by atoms with Gasteiger partial charge in [-0.2, -0.15) is 0 Å². The molecular weight excluding hydrogens is 355 g/mol. The Hall–Kier alpha value is -0.330. The average molecular weight is 381 g/mol. The molecule has 1 aliphatic heterocycles. The number of sulfone groups is 1. The maximum absolute atomic E-state index is 11.6. The third-order valence-electron chi connectivity index (χ3n) is 4.54. The van der Waals surface area contributed by atoms with Crippen molar-refractivity contribution in [3.8, 4) is 0 Å². The van der Waals surface area contributed by atoms with E-state index in [1.54, 1.807) is 12.1 Å². The van der Waals surface area contributed by atoms with Crippen LogP contribution < -0.4 is 5.32 Å². The van der Waals surface area contributed by atoms with Crippen LogP contribution in [-0.2, 0) is 9.84 Å². The summed E-state index contributed by atoms with van der Waals surface area (Å²) in [5, 5.41) is 3.40. The predicted octanol–water partition coefficient (Wildman–Crippen LogP) is 2.68. The largest absolute Gasteiger partial charge is 0.314 e. The lowest BCUT2D eigenvalue weighted by molar-refractivity contribution is 0.160. The van der Waals surface area contributed by atoms with Crippen LogP contribution in [-0.4, -0.2) is 45.8 Å². The highest BCUT2D eigenvalue weighted by atomic mass is 35.5. The van der Waals surface area contributed by atoms with Crippen LogP contribution in [0.3, 0.4) is 0 Å². The van der Waals surface area contributed by atoms with Crippen molar-refractivity contribution < 1.29 is 8.42 Å². The van der Waals surface area contributed by atoms with Crippen LogP contribution >= 0.6 is 24.8 Å². The Morgan fingerprint density at radius 2 is 1.70 bits per heavy atom. The van der Waals surface area contributed by atoms with E-state index in [2.05, 4.69) is 10.2 Å². The minimum atomic E-state index is -3.10. The fourth-order valence-corrected chi connectivity index (χ4v) is 3.73. The molecule has 1 saturated carbocycles. The van der Waals surface area contributed by atoms with Crippen molar-refractivity contribution in [2.75, 3.05) is 32.4 Å². The van der Waals surface area contributed by atoms with Crippen LogP contribution in [0.4, 0.5) is 0 Å². The minimum absolute atomic E-state index is 0.